The standard InChI is InChI=1S/C17H23N3O/c1-12(16(21)19-17(3)9-6-10-17)11-20-13(2)18-14-7-4-5-8-15(14)20/h4-5,7-8,12H,6,9-11H2,1-3H3,(H,19,21). The van der Waals surface area contributed by atoms with Gasteiger partial charge in [0, 0.05) is 12.1 Å². The number of amides is 1. The van der Waals surface area contributed by atoms with Crippen molar-refractivity contribution >= 4 is 16.9 Å². The van der Waals surface area contributed by atoms with Crippen LogP contribution in [0, 0.1) is 12.8 Å². The second-order valence-electron chi connectivity index (χ2n) is 6.56. The minimum Gasteiger partial charge on any atom is -0.351 e. The maximum Gasteiger partial charge on any atom is 0.225 e. The van der Waals surface area contributed by atoms with Crippen molar-refractivity contribution in [3.05, 3.63) is 30.1 Å². The van der Waals surface area contributed by atoms with E-state index < -0.39 is 0 Å². The fourth-order valence-corrected chi connectivity index (χ4v) is 3.04. The molecule has 112 valence electrons. The van der Waals surface area contributed by atoms with Crippen LogP contribution in [0.2, 0.25) is 0 Å². The minimum absolute atomic E-state index is 0.0252. The number of aryl methyl sites for hydroxylation is 1. The van der Waals surface area contributed by atoms with E-state index in [4.69, 9.17) is 0 Å². The number of benzene rings is 1. The first-order valence-corrected chi connectivity index (χ1v) is 7.72. The fourth-order valence-electron chi connectivity index (χ4n) is 3.04. The molecule has 0 bridgehead atoms. The van der Waals surface area contributed by atoms with Crippen molar-refractivity contribution in [2.75, 3.05) is 0 Å². The molecule has 4 nitrogen and oxygen atoms in total. The summed E-state index contributed by atoms with van der Waals surface area (Å²) in [5, 5.41) is 3.20. The van der Waals surface area contributed by atoms with Crippen LogP contribution >= 0.6 is 0 Å². The van der Waals surface area contributed by atoms with Gasteiger partial charge < -0.3 is 9.88 Å². The number of rotatable bonds is 4. The van der Waals surface area contributed by atoms with E-state index in [0.29, 0.717) is 6.54 Å². The zero-order valence-corrected chi connectivity index (χ0v) is 13.0. The molecular weight excluding hydrogens is 262 g/mol. The number of hydrogen-bond donors (Lipinski definition) is 1. The molecule has 1 fully saturated rings. The van der Waals surface area contributed by atoms with Gasteiger partial charge in [0.25, 0.3) is 0 Å². The Bertz CT molecular complexity index is 670. The van der Waals surface area contributed by atoms with Gasteiger partial charge in [0.1, 0.15) is 5.82 Å². The molecule has 4 heteroatoms. The molecule has 1 aliphatic carbocycles. The summed E-state index contributed by atoms with van der Waals surface area (Å²) in [6.07, 6.45) is 3.41. The number of imidazole rings is 1. The van der Waals surface area contributed by atoms with Gasteiger partial charge in [0.2, 0.25) is 5.91 Å². The average molecular weight is 285 g/mol. The SMILES string of the molecule is Cc1nc2ccccc2n1CC(C)C(=O)NC1(C)CCC1. The summed E-state index contributed by atoms with van der Waals surface area (Å²) >= 11 is 0. The first-order chi connectivity index (χ1) is 9.98. The van der Waals surface area contributed by atoms with Gasteiger partial charge in [-0.15, -0.1) is 0 Å². The topological polar surface area (TPSA) is 46.9 Å². The summed E-state index contributed by atoms with van der Waals surface area (Å²) < 4.78 is 2.14. The van der Waals surface area contributed by atoms with Gasteiger partial charge in [-0.2, -0.15) is 0 Å². The van der Waals surface area contributed by atoms with Gasteiger partial charge in [0.05, 0.1) is 17.0 Å². The van der Waals surface area contributed by atoms with E-state index in [-0.39, 0.29) is 17.4 Å². The Balaban J connectivity index is 1.75. The molecule has 0 radical (unpaired) electrons. The van der Waals surface area contributed by atoms with Crippen LogP contribution in [0.4, 0.5) is 0 Å². The zero-order chi connectivity index (χ0) is 15.0. The first kappa shape index (κ1) is 14.1. The number of fused-ring (bicyclic) bond motifs is 1. The van der Waals surface area contributed by atoms with Gasteiger partial charge in [-0.3, -0.25) is 4.79 Å². The Kier molecular flexibility index (Phi) is 3.47. The highest BCUT2D eigenvalue weighted by atomic mass is 16.2. The van der Waals surface area contributed by atoms with E-state index in [1.165, 1.54) is 6.42 Å². The maximum atomic E-state index is 12.4. The van der Waals surface area contributed by atoms with Gasteiger partial charge in [-0.25, -0.2) is 4.98 Å². The third-order valence-electron chi connectivity index (χ3n) is 4.63. The smallest absolute Gasteiger partial charge is 0.225 e. The lowest BCUT2D eigenvalue weighted by Gasteiger charge is -2.39. The Morgan fingerprint density at radius 2 is 2.14 bits per heavy atom. The predicted molar refractivity (Wildman–Crippen MR) is 84.0 cm³/mol. The summed E-state index contributed by atoms with van der Waals surface area (Å²) in [7, 11) is 0. The number of nitrogens with zero attached hydrogens (tertiary/aromatic N) is 2. The van der Waals surface area contributed by atoms with E-state index in [0.717, 1.165) is 29.7 Å². The molecule has 1 aromatic heterocycles. The lowest BCUT2D eigenvalue weighted by molar-refractivity contribution is -0.127. The molecule has 3 rings (SSSR count). The number of hydrogen-bond acceptors (Lipinski definition) is 2. The van der Waals surface area contributed by atoms with Gasteiger partial charge in [-0.1, -0.05) is 19.1 Å². The quantitative estimate of drug-likeness (QED) is 0.938. The predicted octanol–water partition coefficient (Wildman–Crippen LogP) is 3.04. The molecule has 1 saturated carbocycles. The van der Waals surface area contributed by atoms with Crippen molar-refractivity contribution in [1.82, 2.24) is 14.9 Å². The highest BCUT2D eigenvalue weighted by Gasteiger charge is 2.34. The molecule has 1 unspecified atom stereocenters. The van der Waals surface area contributed by atoms with Crippen molar-refractivity contribution in [3.8, 4) is 0 Å². The third kappa shape index (κ3) is 2.67. The monoisotopic (exact) mass is 285 g/mol. The minimum atomic E-state index is -0.0567. The highest BCUT2D eigenvalue weighted by molar-refractivity contribution is 5.80. The van der Waals surface area contributed by atoms with Crippen LogP contribution in [0.3, 0.4) is 0 Å². The number of carbonyl (C=O) groups is 1. The van der Waals surface area contributed by atoms with Crippen LogP contribution in [-0.4, -0.2) is 21.0 Å². The van der Waals surface area contributed by atoms with Crippen molar-refractivity contribution in [3.63, 3.8) is 0 Å². The summed E-state index contributed by atoms with van der Waals surface area (Å²) in [5.74, 6) is 1.05. The second-order valence-corrected chi connectivity index (χ2v) is 6.56. The van der Waals surface area contributed by atoms with E-state index in [1.807, 2.05) is 32.0 Å². The third-order valence-corrected chi connectivity index (χ3v) is 4.63. The molecular formula is C17H23N3O. The Hall–Kier alpha value is -1.84. The van der Waals surface area contributed by atoms with E-state index in [2.05, 4.69) is 27.9 Å². The lowest BCUT2D eigenvalue weighted by atomic mass is 9.78. The van der Waals surface area contributed by atoms with E-state index in [1.54, 1.807) is 0 Å². The summed E-state index contributed by atoms with van der Waals surface area (Å²) in [4.78, 5) is 16.9. The van der Waals surface area contributed by atoms with Crippen LogP contribution < -0.4 is 5.32 Å². The summed E-state index contributed by atoms with van der Waals surface area (Å²) in [6, 6.07) is 8.08. The van der Waals surface area contributed by atoms with Crippen LogP contribution in [0.25, 0.3) is 11.0 Å². The van der Waals surface area contributed by atoms with Crippen molar-refractivity contribution < 1.29 is 4.79 Å². The van der Waals surface area contributed by atoms with Crippen molar-refractivity contribution in [1.29, 1.82) is 0 Å². The lowest BCUT2D eigenvalue weighted by Crippen LogP contribution is -2.52. The number of para-hydroxylation sites is 2. The fraction of sp³-hybridized carbons (Fsp3) is 0.529. The molecule has 1 atom stereocenters. The molecule has 0 saturated heterocycles. The molecule has 1 N–H and O–H groups in total. The number of aromatic nitrogens is 2. The highest BCUT2D eigenvalue weighted by Crippen LogP contribution is 2.31. The molecule has 1 heterocycles. The first-order valence-electron chi connectivity index (χ1n) is 7.72. The Labute approximate surface area is 125 Å². The van der Waals surface area contributed by atoms with Crippen LogP contribution in [0.1, 0.15) is 38.9 Å². The van der Waals surface area contributed by atoms with Crippen molar-refractivity contribution in [2.24, 2.45) is 5.92 Å². The van der Waals surface area contributed by atoms with Gasteiger partial charge in [-0.05, 0) is 45.2 Å². The van der Waals surface area contributed by atoms with E-state index >= 15 is 0 Å². The molecule has 1 amide bonds. The molecule has 0 spiro atoms. The maximum absolute atomic E-state index is 12.4. The summed E-state index contributed by atoms with van der Waals surface area (Å²) in [6.45, 7) is 6.80. The normalized spacial score (nSPS) is 18.2. The second kappa shape index (κ2) is 5.17. The Morgan fingerprint density at radius 3 is 2.81 bits per heavy atom. The largest absolute Gasteiger partial charge is 0.351 e. The van der Waals surface area contributed by atoms with Crippen molar-refractivity contribution in [2.45, 2.75) is 52.1 Å². The van der Waals surface area contributed by atoms with Gasteiger partial charge >= 0.3 is 0 Å². The van der Waals surface area contributed by atoms with Gasteiger partial charge in [0.15, 0.2) is 0 Å². The van der Waals surface area contributed by atoms with Crippen LogP contribution in [-0.2, 0) is 11.3 Å². The summed E-state index contributed by atoms with van der Waals surface area (Å²) in [5.41, 5.74) is 2.12. The molecule has 1 aromatic carbocycles. The molecule has 2 aromatic rings. The van der Waals surface area contributed by atoms with E-state index in [9.17, 15) is 4.79 Å². The number of nitrogens with one attached hydrogen (secondary N) is 1. The average Bonchev–Trinajstić information content (AvgIpc) is 2.73. The Morgan fingerprint density at radius 1 is 1.43 bits per heavy atom. The molecule has 21 heavy (non-hydrogen) atoms. The molecule has 1 aliphatic rings. The van der Waals surface area contributed by atoms with Crippen LogP contribution in [0.5, 0.6) is 0 Å². The molecule has 0 aliphatic heterocycles. The van der Waals surface area contributed by atoms with Crippen LogP contribution in [0.15, 0.2) is 24.3 Å². The zero-order valence-electron chi connectivity index (χ0n) is 13.0. The number of carbonyl (C=O) groups excluding carboxylic acids is 1.